The zero-order valence-electron chi connectivity index (χ0n) is 18.7. The summed E-state index contributed by atoms with van der Waals surface area (Å²) in [4.78, 5) is 20.9. The number of aliphatic hydroxyl groups is 1. The lowest BCUT2D eigenvalue weighted by molar-refractivity contribution is -0.00177. The first-order valence-electron chi connectivity index (χ1n) is 10.2. The van der Waals surface area contributed by atoms with E-state index in [9.17, 15) is 23.1 Å². The largest absolute Gasteiger partial charge is 0.387 e. The molecule has 2 heterocycles. The molecular formula is C22H26F3N5O2S. The highest BCUT2D eigenvalue weighted by molar-refractivity contribution is 7.16. The van der Waals surface area contributed by atoms with Crippen LogP contribution in [0.2, 0.25) is 0 Å². The lowest BCUT2D eigenvalue weighted by atomic mass is 10.0. The summed E-state index contributed by atoms with van der Waals surface area (Å²) in [5, 5.41) is 17.8. The molecule has 11 heteroatoms. The molecule has 0 aliphatic rings. The van der Waals surface area contributed by atoms with E-state index in [0.29, 0.717) is 5.52 Å². The molecule has 1 aromatic carbocycles. The van der Waals surface area contributed by atoms with E-state index in [1.165, 1.54) is 57.4 Å². The Kier molecular flexibility index (Phi) is 7.13. The summed E-state index contributed by atoms with van der Waals surface area (Å²) in [5.74, 6) is -0.970. The molecule has 2 aromatic heterocycles. The zero-order chi connectivity index (χ0) is 24.4. The number of halogens is 3. The number of alkyl halides is 2. The Bertz CT molecular complexity index is 1140. The van der Waals surface area contributed by atoms with Crippen LogP contribution in [0.4, 0.5) is 30.4 Å². The number of hydrogen-bond acceptors (Lipinski definition) is 7. The molecule has 1 atom stereocenters. The molecule has 0 unspecified atom stereocenters. The Morgan fingerprint density at radius 3 is 2.58 bits per heavy atom. The first-order valence-corrected chi connectivity index (χ1v) is 11.1. The summed E-state index contributed by atoms with van der Waals surface area (Å²) in [6, 6.07) is 4.34. The Morgan fingerprint density at radius 1 is 1.18 bits per heavy atom. The quantitative estimate of drug-likeness (QED) is 0.357. The number of aromatic nitrogens is 2. The SMILES string of the molecule is CC(C)(F)CNc1cc(Nc2cc3scnc3cc2F)ncc1C(=O)NC[C@@H](F)C(C)(C)O. The van der Waals surface area contributed by atoms with Crippen LogP contribution >= 0.6 is 11.3 Å². The van der Waals surface area contributed by atoms with Crippen molar-refractivity contribution in [1.82, 2.24) is 15.3 Å². The van der Waals surface area contributed by atoms with Crippen molar-refractivity contribution >= 4 is 44.7 Å². The molecule has 7 nitrogen and oxygen atoms in total. The zero-order valence-corrected chi connectivity index (χ0v) is 19.5. The summed E-state index contributed by atoms with van der Waals surface area (Å²) >= 11 is 1.36. The summed E-state index contributed by atoms with van der Waals surface area (Å²) in [5.41, 5.74) is -0.618. The molecule has 178 valence electrons. The highest BCUT2D eigenvalue weighted by atomic mass is 32.1. The fraction of sp³-hybridized carbons (Fsp3) is 0.409. The molecule has 0 spiro atoms. The van der Waals surface area contributed by atoms with Crippen molar-refractivity contribution in [2.45, 2.75) is 45.1 Å². The van der Waals surface area contributed by atoms with Gasteiger partial charge in [-0.05, 0) is 33.8 Å². The minimum absolute atomic E-state index is 0.0473. The van der Waals surface area contributed by atoms with Crippen molar-refractivity contribution in [3.8, 4) is 0 Å². The molecule has 0 fully saturated rings. The number of nitrogens with zero attached hydrogens (tertiary/aromatic N) is 2. The van der Waals surface area contributed by atoms with Gasteiger partial charge >= 0.3 is 0 Å². The van der Waals surface area contributed by atoms with Crippen LogP contribution in [0.15, 0.2) is 29.9 Å². The Labute approximate surface area is 193 Å². The van der Waals surface area contributed by atoms with Gasteiger partial charge < -0.3 is 21.1 Å². The van der Waals surface area contributed by atoms with Crippen LogP contribution < -0.4 is 16.0 Å². The topological polar surface area (TPSA) is 99.2 Å². The maximum atomic E-state index is 14.5. The van der Waals surface area contributed by atoms with Gasteiger partial charge in [0.15, 0.2) is 0 Å². The number of benzene rings is 1. The molecule has 3 aromatic rings. The van der Waals surface area contributed by atoms with Gasteiger partial charge in [-0.1, -0.05) is 0 Å². The first-order chi connectivity index (χ1) is 15.3. The molecule has 0 aliphatic carbocycles. The van der Waals surface area contributed by atoms with Crippen molar-refractivity contribution in [3.05, 3.63) is 41.3 Å². The maximum absolute atomic E-state index is 14.5. The molecule has 0 radical (unpaired) electrons. The minimum Gasteiger partial charge on any atom is -0.387 e. The molecule has 1 amide bonds. The average Bonchev–Trinajstić information content (AvgIpc) is 3.16. The Balaban J connectivity index is 1.85. The predicted molar refractivity (Wildman–Crippen MR) is 124 cm³/mol. The van der Waals surface area contributed by atoms with E-state index >= 15 is 0 Å². The lowest BCUT2D eigenvalue weighted by Crippen LogP contribution is -2.42. The van der Waals surface area contributed by atoms with Crippen LogP contribution in [-0.4, -0.2) is 51.5 Å². The molecular weight excluding hydrogens is 455 g/mol. The highest BCUT2D eigenvalue weighted by Crippen LogP contribution is 2.29. The number of carbonyl (C=O) groups is 1. The van der Waals surface area contributed by atoms with E-state index in [0.717, 1.165) is 4.70 Å². The summed E-state index contributed by atoms with van der Waals surface area (Å²) < 4.78 is 43.3. The molecule has 0 saturated heterocycles. The molecule has 0 aliphatic heterocycles. The fourth-order valence-corrected chi connectivity index (χ4v) is 3.49. The standard InChI is InChI=1S/C22H26F3N5O2S/c1-21(2,25)10-28-14-7-19(30-15-6-17-16(5-13(15)23)29-11-33-17)26-8-12(14)20(31)27-9-18(24)22(3,4)32/h5-8,11,18,32H,9-10H2,1-4H3,(H,27,31)(H2,26,28,30)/t18-/m1/s1. The number of carbonyl (C=O) groups excluding carboxylic acids is 1. The number of rotatable bonds is 9. The van der Waals surface area contributed by atoms with Crippen LogP contribution in [0.25, 0.3) is 10.2 Å². The predicted octanol–water partition coefficient (Wildman–Crippen LogP) is 4.57. The van der Waals surface area contributed by atoms with Crippen molar-refractivity contribution < 1.29 is 23.1 Å². The Morgan fingerprint density at radius 2 is 1.91 bits per heavy atom. The number of thiazole rings is 1. The van der Waals surface area contributed by atoms with Crippen molar-refractivity contribution in [1.29, 1.82) is 0 Å². The number of hydrogen-bond donors (Lipinski definition) is 4. The van der Waals surface area contributed by atoms with Gasteiger partial charge in [0.05, 0.1) is 44.8 Å². The molecule has 0 saturated carbocycles. The van der Waals surface area contributed by atoms with E-state index in [1.807, 2.05) is 0 Å². The van der Waals surface area contributed by atoms with Gasteiger partial charge in [-0.15, -0.1) is 11.3 Å². The third-order valence-corrected chi connectivity index (χ3v) is 5.53. The van der Waals surface area contributed by atoms with Gasteiger partial charge in [0.1, 0.15) is 23.5 Å². The Hall–Kier alpha value is -2.92. The second kappa shape index (κ2) is 9.52. The number of amides is 1. The summed E-state index contributed by atoms with van der Waals surface area (Å²) in [6.07, 6.45) is -0.465. The van der Waals surface area contributed by atoms with Gasteiger partial charge in [0.2, 0.25) is 0 Å². The monoisotopic (exact) mass is 481 g/mol. The lowest BCUT2D eigenvalue weighted by Gasteiger charge is -2.23. The fourth-order valence-electron chi connectivity index (χ4n) is 2.80. The van der Waals surface area contributed by atoms with E-state index in [2.05, 4.69) is 25.9 Å². The summed E-state index contributed by atoms with van der Waals surface area (Å²) in [7, 11) is 0. The number of pyridine rings is 1. The number of anilines is 3. The van der Waals surface area contributed by atoms with Crippen LogP contribution in [-0.2, 0) is 0 Å². The van der Waals surface area contributed by atoms with Gasteiger partial charge in [0, 0.05) is 24.9 Å². The molecule has 3 rings (SSSR count). The average molecular weight is 482 g/mol. The third kappa shape index (κ3) is 6.55. The van der Waals surface area contributed by atoms with E-state index in [4.69, 9.17) is 0 Å². The third-order valence-electron chi connectivity index (χ3n) is 4.74. The van der Waals surface area contributed by atoms with Gasteiger partial charge in [-0.3, -0.25) is 4.79 Å². The van der Waals surface area contributed by atoms with E-state index in [1.54, 1.807) is 11.6 Å². The molecule has 0 bridgehead atoms. The van der Waals surface area contributed by atoms with Gasteiger partial charge in [-0.25, -0.2) is 23.1 Å². The van der Waals surface area contributed by atoms with Crippen molar-refractivity contribution in [2.75, 3.05) is 23.7 Å². The number of nitrogens with one attached hydrogen (secondary N) is 3. The first kappa shape index (κ1) is 24.7. The van der Waals surface area contributed by atoms with Gasteiger partial charge in [0.25, 0.3) is 5.91 Å². The van der Waals surface area contributed by atoms with Crippen molar-refractivity contribution in [3.63, 3.8) is 0 Å². The van der Waals surface area contributed by atoms with Crippen molar-refractivity contribution in [2.24, 2.45) is 0 Å². The van der Waals surface area contributed by atoms with Crippen LogP contribution in [0.5, 0.6) is 0 Å². The van der Waals surface area contributed by atoms with Crippen LogP contribution in [0.3, 0.4) is 0 Å². The van der Waals surface area contributed by atoms with Gasteiger partial charge in [-0.2, -0.15) is 0 Å². The summed E-state index contributed by atoms with van der Waals surface area (Å²) in [6.45, 7) is 4.80. The highest BCUT2D eigenvalue weighted by Gasteiger charge is 2.27. The molecule has 33 heavy (non-hydrogen) atoms. The van der Waals surface area contributed by atoms with Crippen LogP contribution in [0.1, 0.15) is 38.1 Å². The minimum atomic E-state index is -1.69. The number of fused-ring (bicyclic) bond motifs is 1. The normalized spacial score (nSPS) is 13.1. The maximum Gasteiger partial charge on any atom is 0.255 e. The van der Waals surface area contributed by atoms with Crippen LogP contribution in [0, 0.1) is 5.82 Å². The second-order valence-electron chi connectivity index (χ2n) is 8.80. The molecule has 4 N–H and O–H groups in total. The van der Waals surface area contributed by atoms with E-state index < -0.39 is 35.7 Å². The van der Waals surface area contributed by atoms with E-state index in [-0.39, 0.29) is 29.3 Å². The smallest absolute Gasteiger partial charge is 0.255 e. The second-order valence-corrected chi connectivity index (χ2v) is 9.68.